The molecule has 1 radical (unpaired) electrons. The van der Waals surface area contributed by atoms with E-state index in [1.165, 1.54) is 10.1 Å². The largest absolute Gasteiger partial charge is 0.515 e. The predicted molar refractivity (Wildman–Crippen MR) is 81.7 cm³/mol. The number of thiophene rings is 1. The molecule has 3 nitrogen and oxygen atoms in total. The zero-order chi connectivity index (χ0) is 14.2. The summed E-state index contributed by atoms with van der Waals surface area (Å²) in [7, 11) is 0. The topological polar surface area (TPSA) is 50.2 Å². The molecule has 0 unspecified atom stereocenters. The zero-order valence-corrected chi connectivity index (χ0v) is 14.1. The van der Waals surface area contributed by atoms with Gasteiger partial charge in [-0.05, 0) is 15.6 Å². The summed E-state index contributed by atoms with van der Waals surface area (Å²) in [6, 6.07) is 17.6. The average molecular weight is 475 g/mol. The van der Waals surface area contributed by atoms with Gasteiger partial charge in [-0.25, -0.2) is 11.3 Å². The minimum atomic E-state index is 0. The number of aliphatic hydroxyl groups excluding tert-OH is 1. The van der Waals surface area contributed by atoms with Gasteiger partial charge >= 0.3 is 0 Å². The van der Waals surface area contributed by atoms with E-state index in [-0.39, 0.29) is 20.1 Å². The number of aldehydes is 1. The Balaban J connectivity index is 0.000000324. The number of aliphatic hydroxyl groups is 1. The van der Waals surface area contributed by atoms with Crippen LogP contribution in [-0.2, 0) is 24.9 Å². The molecule has 1 N–H and O–H groups in total. The molecule has 0 spiro atoms. The molecule has 1 aromatic carbocycles. The fourth-order valence-corrected chi connectivity index (χ4v) is 2.55. The van der Waals surface area contributed by atoms with Crippen LogP contribution in [0.5, 0.6) is 0 Å². The van der Waals surface area contributed by atoms with Crippen LogP contribution in [0.25, 0.3) is 20.7 Å². The smallest absolute Gasteiger partial charge is 0.145 e. The van der Waals surface area contributed by atoms with Crippen LogP contribution in [0.15, 0.2) is 61.0 Å². The van der Waals surface area contributed by atoms with E-state index in [1.807, 2.05) is 30.5 Å². The van der Waals surface area contributed by atoms with E-state index in [2.05, 4.69) is 29.2 Å². The Morgan fingerprint density at radius 3 is 2.48 bits per heavy atom. The second kappa shape index (κ2) is 9.19. The summed E-state index contributed by atoms with van der Waals surface area (Å²) in [6.07, 6.45) is 4.00. The molecule has 0 fully saturated rings. The maximum atomic E-state index is 9.16. The summed E-state index contributed by atoms with van der Waals surface area (Å²) in [5.74, 6) is 0. The maximum absolute atomic E-state index is 9.16. The van der Waals surface area contributed by atoms with E-state index in [0.717, 1.165) is 16.6 Å². The van der Waals surface area contributed by atoms with Gasteiger partial charge in [-0.2, -0.15) is 0 Å². The molecular formula is C16H12IrNO2S-. The second-order valence-electron chi connectivity index (χ2n) is 3.74. The van der Waals surface area contributed by atoms with Crippen LogP contribution >= 0.6 is 11.3 Å². The quantitative estimate of drug-likeness (QED) is 0.264. The summed E-state index contributed by atoms with van der Waals surface area (Å²) in [4.78, 5) is 14.6. The van der Waals surface area contributed by atoms with Crippen molar-refractivity contribution in [3.05, 3.63) is 67.1 Å². The molecule has 0 atom stereocenters. The molecule has 2 aromatic heterocycles. The van der Waals surface area contributed by atoms with Crippen molar-refractivity contribution in [2.75, 3.05) is 0 Å². The molecule has 0 aliphatic heterocycles. The van der Waals surface area contributed by atoms with Gasteiger partial charge in [-0.3, -0.25) is 4.79 Å². The fourth-order valence-electron chi connectivity index (χ4n) is 1.57. The number of fused-ring (bicyclic) bond motifs is 1. The molecular weight excluding hydrogens is 462 g/mol. The molecule has 0 bridgehead atoms. The van der Waals surface area contributed by atoms with Crippen LogP contribution < -0.4 is 0 Å². The van der Waals surface area contributed by atoms with Crippen LogP contribution in [0.4, 0.5) is 0 Å². The molecule has 0 saturated heterocycles. The third-order valence-corrected chi connectivity index (χ3v) is 3.50. The molecule has 2 heterocycles. The number of carbonyl (C=O) groups excluding carboxylic acids is 1. The minimum Gasteiger partial charge on any atom is -0.515 e. The third-order valence-electron chi connectivity index (χ3n) is 2.41. The van der Waals surface area contributed by atoms with Gasteiger partial charge in [0.15, 0.2) is 0 Å². The summed E-state index contributed by atoms with van der Waals surface area (Å²) in [5, 5.41) is 8.82. The van der Waals surface area contributed by atoms with Crippen LogP contribution in [0.1, 0.15) is 0 Å². The van der Waals surface area contributed by atoms with E-state index >= 15 is 0 Å². The van der Waals surface area contributed by atoms with Gasteiger partial charge in [0.1, 0.15) is 6.29 Å². The number of hydrogen-bond donors (Lipinski definition) is 1. The molecule has 109 valence electrons. The first-order valence-electron chi connectivity index (χ1n) is 5.92. The molecule has 5 heteroatoms. The van der Waals surface area contributed by atoms with Gasteiger partial charge in [-0.15, -0.1) is 23.6 Å². The molecule has 21 heavy (non-hydrogen) atoms. The summed E-state index contributed by atoms with van der Waals surface area (Å²) >= 11 is 1.73. The minimum absolute atomic E-state index is 0. The normalized spacial score (nSPS) is 9.71. The van der Waals surface area contributed by atoms with Crippen LogP contribution in [0, 0.1) is 6.07 Å². The first-order chi connectivity index (χ1) is 9.85. The van der Waals surface area contributed by atoms with Gasteiger partial charge in [-0.1, -0.05) is 24.3 Å². The maximum Gasteiger partial charge on any atom is 0.145 e. The Morgan fingerprint density at radius 2 is 1.90 bits per heavy atom. The number of rotatable bonds is 2. The van der Waals surface area contributed by atoms with Crippen LogP contribution in [0.2, 0.25) is 0 Å². The zero-order valence-electron chi connectivity index (χ0n) is 10.9. The fraction of sp³-hybridized carbons (Fsp3) is 0. The van der Waals surface area contributed by atoms with E-state index < -0.39 is 0 Å². The molecule has 0 amide bonds. The first kappa shape index (κ1) is 17.2. The number of hydrogen-bond acceptors (Lipinski definition) is 4. The van der Waals surface area contributed by atoms with Crippen LogP contribution in [-0.4, -0.2) is 16.4 Å². The van der Waals surface area contributed by atoms with Gasteiger partial charge in [0.25, 0.3) is 0 Å². The standard InChI is InChI=1S/C13H8NS.C3H4O2.Ir/c1-2-7-12-10(5-1)9-13(15-12)11-6-3-4-8-14-11;4-2-1-3-5;/h1-8H;1-4H;/q-1;;/b;2-1-;. The van der Waals surface area contributed by atoms with E-state index in [0.29, 0.717) is 12.5 Å². The van der Waals surface area contributed by atoms with Gasteiger partial charge in [0.2, 0.25) is 0 Å². The SMILES string of the molecule is O=C/C=C\O.[Ir].[c-]1c(-c2ccccn2)sc2ccccc12. The number of benzene rings is 1. The molecule has 0 aliphatic carbocycles. The Hall–Kier alpha value is -1.81. The van der Waals surface area contributed by atoms with Crippen molar-refractivity contribution in [2.24, 2.45) is 0 Å². The van der Waals surface area contributed by atoms with E-state index in [1.54, 1.807) is 11.3 Å². The molecule has 0 saturated carbocycles. The van der Waals surface area contributed by atoms with Crippen molar-refractivity contribution in [2.45, 2.75) is 0 Å². The number of allylic oxidation sites excluding steroid dienone is 1. The predicted octanol–water partition coefficient (Wildman–Crippen LogP) is 4.02. The van der Waals surface area contributed by atoms with Crippen molar-refractivity contribution in [1.29, 1.82) is 0 Å². The number of pyridine rings is 1. The van der Waals surface area contributed by atoms with Crippen LogP contribution in [0.3, 0.4) is 0 Å². The summed E-state index contributed by atoms with van der Waals surface area (Å²) < 4.78 is 1.26. The van der Waals surface area contributed by atoms with Crippen molar-refractivity contribution < 1.29 is 30.0 Å². The molecule has 0 aliphatic rings. The molecule has 3 rings (SSSR count). The van der Waals surface area contributed by atoms with Gasteiger partial charge in [0, 0.05) is 38.1 Å². The average Bonchev–Trinajstić information content (AvgIpc) is 2.94. The Bertz CT molecular complexity index is 677. The molecule has 3 aromatic rings. The van der Waals surface area contributed by atoms with Gasteiger partial charge in [0.05, 0.1) is 6.26 Å². The van der Waals surface area contributed by atoms with Gasteiger partial charge < -0.3 is 10.1 Å². The third kappa shape index (κ3) is 4.90. The van der Waals surface area contributed by atoms with Crippen molar-refractivity contribution >= 4 is 27.7 Å². The van der Waals surface area contributed by atoms with E-state index in [9.17, 15) is 0 Å². The van der Waals surface area contributed by atoms with Crippen molar-refractivity contribution in [3.63, 3.8) is 0 Å². The van der Waals surface area contributed by atoms with Crippen molar-refractivity contribution in [1.82, 2.24) is 4.98 Å². The monoisotopic (exact) mass is 475 g/mol. The second-order valence-corrected chi connectivity index (χ2v) is 4.80. The number of carbonyl (C=O) groups is 1. The Kier molecular flexibility index (Phi) is 7.54. The summed E-state index contributed by atoms with van der Waals surface area (Å²) in [5.41, 5.74) is 0.999. The van der Waals surface area contributed by atoms with E-state index in [4.69, 9.17) is 9.90 Å². The summed E-state index contributed by atoms with van der Waals surface area (Å²) in [6.45, 7) is 0. The number of nitrogens with zero attached hydrogens (tertiary/aromatic N) is 1. The number of aromatic nitrogens is 1. The first-order valence-corrected chi connectivity index (χ1v) is 6.73. The Morgan fingerprint density at radius 1 is 1.14 bits per heavy atom. The van der Waals surface area contributed by atoms with Crippen molar-refractivity contribution in [3.8, 4) is 10.6 Å². The Labute approximate surface area is 140 Å².